The van der Waals surface area contributed by atoms with Crippen molar-refractivity contribution in [2.45, 2.75) is 38.8 Å². The molecule has 1 aromatic rings. The van der Waals surface area contributed by atoms with Gasteiger partial charge in [-0.3, -0.25) is 4.79 Å². The van der Waals surface area contributed by atoms with Crippen molar-refractivity contribution in [2.24, 2.45) is 0 Å². The summed E-state index contributed by atoms with van der Waals surface area (Å²) in [7, 11) is 1.90. The third-order valence-electron chi connectivity index (χ3n) is 3.33. The lowest BCUT2D eigenvalue weighted by molar-refractivity contribution is -0.133. The number of hydrogen-bond donors (Lipinski definition) is 1. The average Bonchev–Trinajstić information content (AvgIpc) is 2.75. The van der Waals surface area contributed by atoms with Crippen LogP contribution in [0.15, 0.2) is 11.4 Å². The summed E-state index contributed by atoms with van der Waals surface area (Å²) in [6, 6.07) is 2.14. The lowest BCUT2D eigenvalue weighted by atomic mass is 10.0. The molecule has 0 spiro atoms. The molecule has 0 aromatic carbocycles. The Morgan fingerprint density at radius 3 is 3.00 bits per heavy atom. The van der Waals surface area contributed by atoms with Gasteiger partial charge >= 0.3 is 0 Å². The summed E-state index contributed by atoms with van der Waals surface area (Å²) in [4.78, 5) is 15.3. The minimum absolute atomic E-state index is 0.0361. The number of hydrogen-bond acceptors (Lipinski definition) is 3. The van der Waals surface area contributed by atoms with Gasteiger partial charge in [-0.15, -0.1) is 11.3 Å². The zero-order chi connectivity index (χ0) is 12.3. The molecule has 1 atom stereocenters. The summed E-state index contributed by atoms with van der Waals surface area (Å²) in [5.74, 6) is 0.234. The molecule has 1 fully saturated rings. The fourth-order valence-electron chi connectivity index (χ4n) is 2.19. The van der Waals surface area contributed by atoms with Gasteiger partial charge in [0.2, 0.25) is 5.91 Å². The van der Waals surface area contributed by atoms with Crippen LogP contribution in [-0.4, -0.2) is 30.4 Å². The first-order valence-corrected chi connectivity index (χ1v) is 7.08. The maximum Gasteiger partial charge on any atom is 0.239 e. The molecule has 0 aliphatic carbocycles. The van der Waals surface area contributed by atoms with Gasteiger partial charge in [0.15, 0.2) is 0 Å². The molecule has 0 radical (unpaired) electrons. The zero-order valence-electron chi connectivity index (χ0n) is 10.5. The molecule has 1 saturated heterocycles. The highest BCUT2D eigenvalue weighted by atomic mass is 32.1. The largest absolute Gasteiger partial charge is 0.339 e. The monoisotopic (exact) mass is 252 g/mol. The number of thiophene rings is 1. The minimum Gasteiger partial charge on any atom is -0.339 e. The second kappa shape index (κ2) is 5.65. The van der Waals surface area contributed by atoms with Crippen molar-refractivity contribution in [1.29, 1.82) is 0 Å². The summed E-state index contributed by atoms with van der Waals surface area (Å²) in [6.07, 6.45) is 3.33. The van der Waals surface area contributed by atoms with Crippen molar-refractivity contribution in [3.05, 3.63) is 21.9 Å². The second-order valence-corrected chi connectivity index (χ2v) is 5.72. The zero-order valence-corrected chi connectivity index (χ0v) is 11.3. The highest BCUT2D eigenvalue weighted by Gasteiger charge is 2.23. The van der Waals surface area contributed by atoms with Gasteiger partial charge in [0.05, 0.1) is 12.6 Å². The number of rotatable bonds is 3. The van der Waals surface area contributed by atoms with E-state index < -0.39 is 0 Å². The van der Waals surface area contributed by atoms with Gasteiger partial charge in [0.1, 0.15) is 0 Å². The van der Waals surface area contributed by atoms with E-state index in [-0.39, 0.29) is 11.9 Å². The van der Waals surface area contributed by atoms with Crippen LogP contribution in [0, 0.1) is 6.92 Å². The number of piperidine rings is 1. The van der Waals surface area contributed by atoms with E-state index in [9.17, 15) is 4.79 Å². The maximum atomic E-state index is 12.2. The Kier molecular flexibility index (Phi) is 4.18. The Balaban J connectivity index is 1.93. The van der Waals surface area contributed by atoms with Crippen molar-refractivity contribution in [2.75, 3.05) is 13.6 Å². The molecule has 1 aliphatic rings. The predicted molar refractivity (Wildman–Crippen MR) is 71.2 cm³/mol. The fraction of sp³-hybridized carbons (Fsp3) is 0.615. The summed E-state index contributed by atoms with van der Waals surface area (Å²) in [5, 5.41) is 5.39. The number of carbonyl (C=O) groups is 1. The van der Waals surface area contributed by atoms with Gasteiger partial charge in [0.25, 0.3) is 0 Å². The van der Waals surface area contributed by atoms with Crippen LogP contribution in [0.2, 0.25) is 0 Å². The second-order valence-electron chi connectivity index (χ2n) is 4.72. The van der Waals surface area contributed by atoms with Crippen LogP contribution >= 0.6 is 11.3 Å². The first kappa shape index (κ1) is 12.6. The van der Waals surface area contributed by atoms with E-state index in [2.05, 4.69) is 23.7 Å². The number of amides is 1. The molecule has 17 heavy (non-hydrogen) atoms. The normalized spacial score (nSPS) is 20.2. The maximum absolute atomic E-state index is 12.2. The Hall–Kier alpha value is -0.870. The van der Waals surface area contributed by atoms with E-state index in [0.29, 0.717) is 0 Å². The van der Waals surface area contributed by atoms with Crippen molar-refractivity contribution >= 4 is 17.2 Å². The number of aryl methyl sites for hydroxylation is 1. The lowest BCUT2D eigenvalue weighted by Crippen LogP contribution is -2.46. The van der Waals surface area contributed by atoms with Crippen molar-refractivity contribution in [3.63, 3.8) is 0 Å². The van der Waals surface area contributed by atoms with Crippen LogP contribution in [0.4, 0.5) is 0 Å². The third-order valence-corrected chi connectivity index (χ3v) is 4.34. The first-order valence-electron chi connectivity index (χ1n) is 6.20. The van der Waals surface area contributed by atoms with E-state index >= 15 is 0 Å². The molecule has 2 rings (SSSR count). The smallest absolute Gasteiger partial charge is 0.239 e. The van der Waals surface area contributed by atoms with Gasteiger partial charge in [-0.25, -0.2) is 0 Å². The molecule has 1 N–H and O–H groups in total. The molecule has 1 amide bonds. The number of nitrogens with one attached hydrogen (secondary N) is 1. The Bertz CT molecular complexity index is 383. The average molecular weight is 252 g/mol. The van der Waals surface area contributed by atoms with Gasteiger partial charge < -0.3 is 10.2 Å². The number of carbonyl (C=O) groups excluding carboxylic acids is 1. The van der Waals surface area contributed by atoms with E-state index in [1.54, 1.807) is 11.3 Å². The van der Waals surface area contributed by atoms with Crippen molar-refractivity contribution in [3.8, 4) is 0 Å². The van der Waals surface area contributed by atoms with Gasteiger partial charge in [0, 0.05) is 11.9 Å². The third kappa shape index (κ3) is 3.07. The number of nitrogens with zero attached hydrogens (tertiary/aromatic N) is 1. The minimum atomic E-state index is 0.0361. The van der Waals surface area contributed by atoms with Crippen LogP contribution in [0.3, 0.4) is 0 Å². The molecular formula is C13H20N2OS. The van der Waals surface area contributed by atoms with Crippen molar-refractivity contribution in [1.82, 2.24) is 10.2 Å². The van der Waals surface area contributed by atoms with Crippen molar-refractivity contribution < 1.29 is 4.79 Å². The lowest BCUT2D eigenvalue weighted by Gasteiger charge is -2.27. The standard InChI is InChI=1S/C13H20N2OS/c1-10-6-8-17-12(10)9-15(2)13(16)11-5-3-4-7-14-11/h6,8,11,14H,3-5,7,9H2,1-2H3. The Morgan fingerprint density at radius 2 is 2.41 bits per heavy atom. The molecule has 0 saturated carbocycles. The van der Waals surface area contributed by atoms with E-state index in [4.69, 9.17) is 0 Å². The Morgan fingerprint density at radius 1 is 1.59 bits per heavy atom. The highest BCUT2D eigenvalue weighted by Crippen LogP contribution is 2.18. The molecule has 1 aromatic heterocycles. The van der Waals surface area contributed by atoms with Gasteiger partial charge in [-0.1, -0.05) is 6.42 Å². The summed E-state index contributed by atoms with van der Waals surface area (Å²) in [6.45, 7) is 3.81. The molecule has 0 bridgehead atoms. The molecular weight excluding hydrogens is 232 g/mol. The molecule has 94 valence electrons. The molecule has 4 heteroatoms. The van der Waals surface area contributed by atoms with Gasteiger partial charge in [-0.2, -0.15) is 0 Å². The Labute approximate surface area is 107 Å². The van der Waals surface area contributed by atoms with Crippen LogP contribution < -0.4 is 5.32 Å². The van der Waals surface area contributed by atoms with E-state index in [1.165, 1.54) is 16.9 Å². The molecule has 2 heterocycles. The molecule has 1 unspecified atom stereocenters. The van der Waals surface area contributed by atoms with Gasteiger partial charge in [-0.05, 0) is 43.3 Å². The van der Waals surface area contributed by atoms with E-state index in [1.807, 2.05) is 11.9 Å². The molecule has 1 aliphatic heterocycles. The highest BCUT2D eigenvalue weighted by molar-refractivity contribution is 7.10. The number of likely N-dealkylation sites (N-methyl/N-ethyl adjacent to an activating group) is 1. The van der Waals surface area contributed by atoms with Crippen LogP contribution in [-0.2, 0) is 11.3 Å². The summed E-state index contributed by atoms with van der Waals surface area (Å²) in [5.41, 5.74) is 1.28. The van der Waals surface area contributed by atoms with Crippen LogP contribution in [0.25, 0.3) is 0 Å². The van der Waals surface area contributed by atoms with Crippen LogP contribution in [0.1, 0.15) is 29.7 Å². The molecule has 3 nitrogen and oxygen atoms in total. The summed E-state index contributed by atoms with van der Waals surface area (Å²) < 4.78 is 0. The van der Waals surface area contributed by atoms with Crippen LogP contribution in [0.5, 0.6) is 0 Å². The van der Waals surface area contributed by atoms with E-state index in [0.717, 1.165) is 25.9 Å². The first-order chi connectivity index (χ1) is 8.18. The topological polar surface area (TPSA) is 32.3 Å². The SMILES string of the molecule is Cc1ccsc1CN(C)C(=O)C1CCCCN1. The quantitative estimate of drug-likeness (QED) is 0.894. The fourth-order valence-corrected chi connectivity index (χ4v) is 3.15. The summed E-state index contributed by atoms with van der Waals surface area (Å²) >= 11 is 1.73. The predicted octanol–water partition coefficient (Wildman–Crippen LogP) is 2.16.